The van der Waals surface area contributed by atoms with Crippen LogP contribution in [-0.4, -0.2) is 45.1 Å². The van der Waals surface area contributed by atoms with E-state index in [2.05, 4.69) is 5.32 Å². The predicted molar refractivity (Wildman–Crippen MR) is 106 cm³/mol. The molecule has 2 aromatic rings. The van der Waals surface area contributed by atoms with Gasteiger partial charge in [0.25, 0.3) is 0 Å². The van der Waals surface area contributed by atoms with Gasteiger partial charge in [0.15, 0.2) is 0 Å². The number of carbonyl (C=O) groups is 1. The number of methoxy groups -OCH3 is 1. The van der Waals surface area contributed by atoms with E-state index in [9.17, 15) is 13.2 Å². The molecule has 146 valence electrons. The molecule has 0 aliphatic rings. The third-order valence-electron chi connectivity index (χ3n) is 4.15. The highest BCUT2D eigenvalue weighted by Crippen LogP contribution is 2.14. The van der Waals surface area contributed by atoms with E-state index in [1.165, 1.54) is 10.6 Å². The SMILES string of the molecule is COc1ccc(CN(CCNC(=O)CCc2ccccc2)S(C)(=O)=O)cc1. The second-order valence-electron chi connectivity index (χ2n) is 6.28. The van der Waals surface area contributed by atoms with Crippen LogP contribution in [0.2, 0.25) is 0 Å². The minimum Gasteiger partial charge on any atom is -0.497 e. The van der Waals surface area contributed by atoms with Crippen LogP contribution in [0.4, 0.5) is 0 Å². The van der Waals surface area contributed by atoms with Crippen molar-refractivity contribution in [1.29, 1.82) is 0 Å². The highest BCUT2D eigenvalue weighted by Gasteiger charge is 2.17. The van der Waals surface area contributed by atoms with Crippen LogP contribution < -0.4 is 10.1 Å². The summed E-state index contributed by atoms with van der Waals surface area (Å²) in [5.74, 6) is 0.632. The number of aryl methyl sites for hydroxylation is 1. The maximum absolute atomic E-state index is 12.0. The van der Waals surface area contributed by atoms with Gasteiger partial charge in [-0.25, -0.2) is 8.42 Å². The average Bonchev–Trinajstić information content (AvgIpc) is 2.66. The lowest BCUT2D eigenvalue weighted by molar-refractivity contribution is -0.121. The van der Waals surface area contributed by atoms with Gasteiger partial charge >= 0.3 is 0 Å². The molecule has 0 fully saturated rings. The largest absolute Gasteiger partial charge is 0.497 e. The van der Waals surface area contributed by atoms with E-state index in [0.717, 1.165) is 16.9 Å². The average molecular weight is 391 g/mol. The van der Waals surface area contributed by atoms with E-state index in [1.807, 2.05) is 42.5 Å². The molecule has 27 heavy (non-hydrogen) atoms. The van der Waals surface area contributed by atoms with Crippen molar-refractivity contribution in [3.8, 4) is 5.75 Å². The molecular formula is C20H26N2O4S. The summed E-state index contributed by atoms with van der Waals surface area (Å²) < 4.78 is 30.5. The van der Waals surface area contributed by atoms with Crippen LogP contribution >= 0.6 is 0 Å². The standard InChI is InChI=1S/C20H26N2O4S/c1-26-19-11-8-18(9-12-19)16-22(27(2,24)25)15-14-21-20(23)13-10-17-6-4-3-5-7-17/h3-9,11-12H,10,13-16H2,1-2H3,(H,21,23). The molecule has 0 atom stereocenters. The lowest BCUT2D eigenvalue weighted by Crippen LogP contribution is -2.37. The Bertz CT molecular complexity index is 821. The molecular weight excluding hydrogens is 364 g/mol. The molecule has 0 aromatic heterocycles. The number of carbonyl (C=O) groups excluding carboxylic acids is 1. The zero-order chi connectivity index (χ0) is 19.7. The smallest absolute Gasteiger partial charge is 0.220 e. The third kappa shape index (κ3) is 7.40. The van der Waals surface area contributed by atoms with Crippen molar-refractivity contribution in [2.75, 3.05) is 26.5 Å². The van der Waals surface area contributed by atoms with Crippen molar-refractivity contribution >= 4 is 15.9 Å². The predicted octanol–water partition coefficient (Wildman–Crippen LogP) is 2.21. The minimum absolute atomic E-state index is 0.0863. The Balaban J connectivity index is 1.82. The molecule has 0 bridgehead atoms. The van der Waals surface area contributed by atoms with Gasteiger partial charge in [0, 0.05) is 26.1 Å². The van der Waals surface area contributed by atoms with E-state index < -0.39 is 10.0 Å². The molecule has 2 aromatic carbocycles. The molecule has 0 heterocycles. The summed E-state index contributed by atoms with van der Waals surface area (Å²) in [6, 6.07) is 17.0. The molecule has 0 aliphatic carbocycles. The van der Waals surface area contributed by atoms with Gasteiger partial charge < -0.3 is 10.1 Å². The van der Waals surface area contributed by atoms with Crippen molar-refractivity contribution in [2.24, 2.45) is 0 Å². The Morgan fingerprint density at radius 2 is 1.70 bits per heavy atom. The number of ether oxygens (including phenoxy) is 1. The quantitative estimate of drug-likeness (QED) is 0.675. The first-order chi connectivity index (χ1) is 12.9. The fourth-order valence-corrected chi connectivity index (χ4v) is 3.41. The van der Waals surface area contributed by atoms with Crippen LogP contribution in [0.25, 0.3) is 0 Å². The van der Waals surface area contributed by atoms with E-state index in [4.69, 9.17) is 4.74 Å². The van der Waals surface area contributed by atoms with Gasteiger partial charge in [-0.15, -0.1) is 0 Å². The topological polar surface area (TPSA) is 75.7 Å². The van der Waals surface area contributed by atoms with Crippen molar-refractivity contribution in [3.63, 3.8) is 0 Å². The number of nitrogens with zero attached hydrogens (tertiary/aromatic N) is 1. The monoisotopic (exact) mass is 390 g/mol. The van der Waals surface area contributed by atoms with E-state index >= 15 is 0 Å². The Morgan fingerprint density at radius 1 is 1.04 bits per heavy atom. The molecule has 0 aliphatic heterocycles. The number of amides is 1. The summed E-state index contributed by atoms with van der Waals surface area (Å²) in [6.07, 6.45) is 2.21. The highest BCUT2D eigenvalue weighted by molar-refractivity contribution is 7.88. The molecule has 2 rings (SSSR count). The van der Waals surface area contributed by atoms with Gasteiger partial charge in [-0.1, -0.05) is 42.5 Å². The molecule has 1 N–H and O–H groups in total. The van der Waals surface area contributed by atoms with Gasteiger partial charge in [-0.3, -0.25) is 4.79 Å². The number of hydrogen-bond donors (Lipinski definition) is 1. The normalized spacial score (nSPS) is 11.4. The Morgan fingerprint density at radius 3 is 2.30 bits per heavy atom. The van der Waals surface area contributed by atoms with Gasteiger partial charge in [-0.2, -0.15) is 4.31 Å². The van der Waals surface area contributed by atoms with Gasteiger partial charge in [-0.05, 0) is 29.7 Å². The van der Waals surface area contributed by atoms with E-state index in [-0.39, 0.29) is 25.5 Å². The summed E-state index contributed by atoms with van der Waals surface area (Å²) in [6.45, 7) is 0.751. The van der Waals surface area contributed by atoms with Crippen molar-refractivity contribution < 1.29 is 17.9 Å². The summed E-state index contributed by atoms with van der Waals surface area (Å²) in [4.78, 5) is 12.0. The zero-order valence-corrected chi connectivity index (χ0v) is 16.5. The van der Waals surface area contributed by atoms with E-state index in [1.54, 1.807) is 19.2 Å². The maximum Gasteiger partial charge on any atom is 0.220 e. The van der Waals surface area contributed by atoms with Crippen molar-refractivity contribution in [1.82, 2.24) is 9.62 Å². The number of hydrogen-bond acceptors (Lipinski definition) is 4. The first kappa shape index (κ1) is 20.9. The molecule has 0 saturated heterocycles. The summed E-state index contributed by atoms with van der Waals surface area (Å²) in [7, 11) is -1.80. The summed E-state index contributed by atoms with van der Waals surface area (Å²) in [5.41, 5.74) is 1.96. The first-order valence-electron chi connectivity index (χ1n) is 8.77. The summed E-state index contributed by atoms with van der Waals surface area (Å²) in [5, 5.41) is 2.79. The van der Waals surface area contributed by atoms with Crippen molar-refractivity contribution in [2.45, 2.75) is 19.4 Å². The second-order valence-corrected chi connectivity index (χ2v) is 8.26. The molecule has 0 saturated carbocycles. The molecule has 0 unspecified atom stereocenters. The molecule has 7 heteroatoms. The van der Waals surface area contributed by atoms with Crippen LogP contribution in [-0.2, 0) is 27.8 Å². The third-order valence-corrected chi connectivity index (χ3v) is 5.40. The van der Waals surface area contributed by atoms with Gasteiger partial charge in [0.2, 0.25) is 15.9 Å². The maximum atomic E-state index is 12.0. The number of sulfonamides is 1. The molecule has 0 radical (unpaired) electrons. The van der Waals surface area contributed by atoms with Gasteiger partial charge in [0.1, 0.15) is 5.75 Å². The van der Waals surface area contributed by atoms with Crippen LogP contribution in [0.3, 0.4) is 0 Å². The lowest BCUT2D eigenvalue weighted by atomic mass is 10.1. The van der Waals surface area contributed by atoms with Crippen LogP contribution in [0.5, 0.6) is 5.75 Å². The lowest BCUT2D eigenvalue weighted by Gasteiger charge is -2.20. The fraction of sp³-hybridized carbons (Fsp3) is 0.350. The van der Waals surface area contributed by atoms with Crippen molar-refractivity contribution in [3.05, 3.63) is 65.7 Å². The first-order valence-corrected chi connectivity index (χ1v) is 10.6. The fourth-order valence-electron chi connectivity index (χ4n) is 2.61. The number of rotatable bonds is 10. The molecule has 0 spiro atoms. The summed E-state index contributed by atoms with van der Waals surface area (Å²) >= 11 is 0. The van der Waals surface area contributed by atoms with Crippen LogP contribution in [0.1, 0.15) is 17.5 Å². The molecule has 6 nitrogen and oxygen atoms in total. The van der Waals surface area contributed by atoms with Crippen LogP contribution in [0.15, 0.2) is 54.6 Å². The minimum atomic E-state index is -3.38. The Hall–Kier alpha value is -2.38. The van der Waals surface area contributed by atoms with Crippen LogP contribution in [0, 0.1) is 0 Å². The van der Waals surface area contributed by atoms with E-state index in [0.29, 0.717) is 12.8 Å². The second kappa shape index (κ2) is 10.1. The zero-order valence-electron chi connectivity index (χ0n) is 15.7. The highest BCUT2D eigenvalue weighted by atomic mass is 32.2. The number of nitrogens with one attached hydrogen (secondary N) is 1. The van der Waals surface area contributed by atoms with Gasteiger partial charge in [0.05, 0.1) is 13.4 Å². The Kier molecular flexibility index (Phi) is 7.82. The number of benzene rings is 2. The molecule has 1 amide bonds. The Labute approximate surface area is 161 Å².